The normalized spacial score (nSPS) is 14.0. The molecule has 1 aromatic carbocycles. The monoisotopic (exact) mass is 350 g/mol. The highest BCUT2D eigenvalue weighted by atomic mass is 79.9. The van der Waals surface area contributed by atoms with Crippen molar-refractivity contribution in [3.05, 3.63) is 58.2 Å². The van der Waals surface area contributed by atoms with Crippen molar-refractivity contribution in [3.63, 3.8) is 0 Å². The van der Waals surface area contributed by atoms with E-state index in [1.54, 1.807) is 11.8 Å². The fourth-order valence-corrected chi connectivity index (χ4v) is 3.69. The number of thioether (sulfide) groups is 1. The van der Waals surface area contributed by atoms with Crippen LogP contribution >= 0.6 is 27.7 Å². The highest BCUT2D eigenvalue weighted by molar-refractivity contribution is 9.10. The predicted octanol–water partition coefficient (Wildman–Crippen LogP) is 4.72. The molecule has 0 fully saturated rings. The van der Waals surface area contributed by atoms with Gasteiger partial charge in [-0.2, -0.15) is 0 Å². The van der Waals surface area contributed by atoms with Crippen molar-refractivity contribution in [1.82, 2.24) is 4.98 Å². The van der Waals surface area contributed by atoms with Crippen molar-refractivity contribution < 1.29 is 0 Å². The summed E-state index contributed by atoms with van der Waals surface area (Å²) in [7, 11) is 0. The zero-order valence-electron chi connectivity index (χ0n) is 11.7. The van der Waals surface area contributed by atoms with E-state index in [0.717, 1.165) is 15.9 Å². The van der Waals surface area contributed by atoms with Crippen LogP contribution in [0, 0.1) is 6.92 Å². The van der Waals surface area contributed by atoms with Gasteiger partial charge in [-0.3, -0.25) is 0 Å². The van der Waals surface area contributed by atoms with E-state index in [1.807, 2.05) is 18.3 Å². The van der Waals surface area contributed by atoms with Crippen molar-refractivity contribution in [2.45, 2.75) is 36.6 Å². The molecule has 0 spiro atoms. The minimum atomic E-state index is 0.108. The molecule has 20 heavy (non-hydrogen) atoms. The molecule has 106 valence electrons. The molecule has 2 N–H and O–H groups in total. The van der Waals surface area contributed by atoms with E-state index in [2.05, 4.69) is 59.0 Å². The number of hydrogen-bond donors (Lipinski definition) is 1. The van der Waals surface area contributed by atoms with Gasteiger partial charge in [0.1, 0.15) is 5.03 Å². The fraction of sp³-hybridized carbons (Fsp3) is 0.312. The number of aryl methyl sites for hydroxylation is 1. The van der Waals surface area contributed by atoms with E-state index in [-0.39, 0.29) is 11.3 Å². The van der Waals surface area contributed by atoms with Gasteiger partial charge in [0, 0.05) is 16.7 Å². The van der Waals surface area contributed by atoms with Crippen LogP contribution in [0.15, 0.2) is 52.1 Å². The van der Waals surface area contributed by atoms with Crippen LogP contribution in [-0.4, -0.2) is 11.0 Å². The van der Waals surface area contributed by atoms with Crippen LogP contribution in [0.1, 0.15) is 29.7 Å². The van der Waals surface area contributed by atoms with Gasteiger partial charge < -0.3 is 5.73 Å². The zero-order chi connectivity index (χ0) is 14.5. The first kappa shape index (κ1) is 15.5. The molecule has 0 aliphatic rings. The first-order chi connectivity index (χ1) is 9.61. The summed E-state index contributed by atoms with van der Waals surface area (Å²) >= 11 is 5.28. The molecule has 2 aromatic rings. The molecule has 0 aliphatic carbocycles. The second kappa shape index (κ2) is 7.25. The fourth-order valence-electron chi connectivity index (χ4n) is 1.95. The molecule has 2 nitrogen and oxygen atoms in total. The number of nitrogens with zero attached hydrogens (tertiary/aromatic N) is 1. The third kappa shape index (κ3) is 3.84. The number of benzene rings is 1. The van der Waals surface area contributed by atoms with Crippen LogP contribution < -0.4 is 5.73 Å². The molecule has 0 radical (unpaired) electrons. The van der Waals surface area contributed by atoms with Gasteiger partial charge in [0.05, 0.1) is 5.25 Å². The summed E-state index contributed by atoms with van der Waals surface area (Å²) in [6.07, 6.45) is 2.76. The molecule has 0 saturated heterocycles. The molecule has 4 heteroatoms. The Morgan fingerprint density at radius 2 is 1.95 bits per heavy atom. The van der Waals surface area contributed by atoms with E-state index in [9.17, 15) is 0 Å². The van der Waals surface area contributed by atoms with Crippen molar-refractivity contribution in [2.24, 2.45) is 5.73 Å². The Kier molecular flexibility index (Phi) is 5.64. The highest BCUT2D eigenvalue weighted by Gasteiger charge is 2.21. The van der Waals surface area contributed by atoms with Gasteiger partial charge >= 0.3 is 0 Å². The number of aromatic nitrogens is 1. The molecule has 0 amide bonds. The number of rotatable bonds is 5. The number of halogens is 1. The highest BCUT2D eigenvalue weighted by Crippen LogP contribution is 2.39. The molecular weight excluding hydrogens is 332 g/mol. The van der Waals surface area contributed by atoms with Gasteiger partial charge in [0.25, 0.3) is 0 Å². The molecule has 0 aliphatic heterocycles. The standard InChI is InChI=1S/C16H19BrN2S/c1-3-14(18)15(12-8-6-11(2)7-9-12)20-16-13(17)5-4-10-19-16/h4-10,14-15H,3,18H2,1-2H3. The lowest BCUT2D eigenvalue weighted by molar-refractivity contribution is 0.633. The first-order valence-electron chi connectivity index (χ1n) is 6.71. The van der Waals surface area contributed by atoms with Gasteiger partial charge in [-0.15, -0.1) is 0 Å². The van der Waals surface area contributed by atoms with E-state index >= 15 is 0 Å². The molecule has 2 rings (SSSR count). The molecule has 0 saturated carbocycles. The largest absolute Gasteiger partial charge is 0.326 e. The summed E-state index contributed by atoms with van der Waals surface area (Å²) in [6, 6.07) is 12.7. The van der Waals surface area contributed by atoms with Gasteiger partial charge in [-0.1, -0.05) is 48.5 Å². The van der Waals surface area contributed by atoms with Gasteiger partial charge in [0.15, 0.2) is 0 Å². The van der Waals surface area contributed by atoms with Gasteiger partial charge in [-0.05, 0) is 47.0 Å². The van der Waals surface area contributed by atoms with E-state index in [1.165, 1.54) is 11.1 Å². The average molecular weight is 351 g/mol. The Morgan fingerprint density at radius 1 is 1.25 bits per heavy atom. The van der Waals surface area contributed by atoms with Crippen molar-refractivity contribution in [3.8, 4) is 0 Å². The molecule has 1 aromatic heterocycles. The van der Waals surface area contributed by atoms with Crippen LogP contribution in [0.3, 0.4) is 0 Å². The molecule has 2 unspecified atom stereocenters. The second-order valence-corrected chi connectivity index (χ2v) is 6.80. The van der Waals surface area contributed by atoms with Crippen LogP contribution in [-0.2, 0) is 0 Å². The quantitative estimate of drug-likeness (QED) is 0.792. The number of nitrogens with two attached hydrogens (primary N) is 1. The summed E-state index contributed by atoms with van der Waals surface area (Å²) in [5.74, 6) is 0. The SMILES string of the molecule is CCC(N)C(Sc1ncccc1Br)c1ccc(C)cc1. The Labute approximate surface area is 133 Å². The smallest absolute Gasteiger partial charge is 0.111 e. The Balaban J connectivity index is 2.29. The number of hydrogen-bond acceptors (Lipinski definition) is 3. The number of pyridine rings is 1. The molecule has 2 atom stereocenters. The third-order valence-electron chi connectivity index (χ3n) is 3.23. The summed E-state index contributed by atoms with van der Waals surface area (Å²) in [4.78, 5) is 4.44. The lowest BCUT2D eigenvalue weighted by atomic mass is 10.0. The van der Waals surface area contributed by atoms with Crippen molar-refractivity contribution in [1.29, 1.82) is 0 Å². The second-order valence-electron chi connectivity index (χ2n) is 4.81. The average Bonchev–Trinajstić information content (AvgIpc) is 2.47. The maximum Gasteiger partial charge on any atom is 0.111 e. The van der Waals surface area contributed by atoms with E-state index < -0.39 is 0 Å². The van der Waals surface area contributed by atoms with E-state index in [4.69, 9.17) is 5.73 Å². The summed E-state index contributed by atoms with van der Waals surface area (Å²) in [5.41, 5.74) is 8.84. The summed E-state index contributed by atoms with van der Waals surface area (Å²) in [5, 5.41) is 1.20. The summed E-state index contributed by atoms with van der Waals surface area (Å²) in [6.45, 7) is 4.22. The van der Waals surface area contributed by atoms with Crippen LogP contribution in [0.5, 0.6) is 0 Å². The minimum absolute atomic E-state index is 0.108. The van der Waals surface area contributed by atoms with Crippen molar-refractivity contribution in [2.75, 3.05) is 0 Å². The first-order valence-corrected chi connectivity index (χ1v) is 8.38. The van der Waals surface area contributed by atoms with Gasteiger partial charge in [-0.25, -0.2) is 4.98 Å². The minimum Gasteiger partial charge on any atom is -0.326 e. The molecule has 1 heterocycles. The summed E-state index contributed by atoms with van der Waals surface area (Å²) < 4.78 is 1.02. The topological polar surface area (TPSA) is 38.9 Å². The Morgan fingerprint density at radius 3 is 2.55 bits per heavy atom. The lowest BCUT2D eigenvalue weighted by Gasteiger charge is -2.23. The Bertz CT molecular complexity index is 557. The van der Waals surface area contributed by atoms with Crippen molar-refractivity contribution >= 4 is 27.7 Å². The molecule has 0 bridgehead atoms. The Hall–Kier alpha value is -0.840. The maximum absolute atomic E-state index is 6.32. The van der Waals surface area contributed by atoms with Crippen LogP contribution in [0.4, 0.5) is 0 Å². The zero-order valence-corrected chi connectivity index (χ0v) is 14.1. The lowest BCUT2D eigenvalue weighted by Crippen LogP contribution is -2.25. The van der Waals surface area contributed by atoms with Gasteiger partial charge in [0.2, 0.25) is 0 Å². The van der Waals surface area contributed by atoms with Crippen LogP contribution in [0.2, 0.25) is 0 Å². The third-order valence-corrected chi connectivity index (χ3v) is 5.56. The maximum atomic E-state index is 6.32. The van der Waals surface area contributed by atoms with E-state index in [0.29, 0.717) is 0 Å². The van der Waals surface area contributed by atoms with Crippen LogP contribution in [0.25, 0.3) is 0 Å². The predicted molar refractivity (Wildman–Crippen MR) is 90.0 cm³/mol. The molecular formula is C16H19BrN2S.